The Morgan fingerprint density at radius 3 is 2.58 bits per heavy atom. The quantitative estimate of drug-likeness (QED) is 0.681. The minimum absolute atomic E-state index is 0.105. The molecule has 0 bridgehead atoms. The number of ether oxygens (including phenoxy) is 1. The molecule has 0 radical (unpaired) electrons. The summed E-state index contributed by atoms with van der Waals surface area (Å²) in [7, 11) is 0. The van der Waals surface area contributed by atoms with Gasteiger partial charge in [-0.15, -0.1) is 0 Å². The molecule has 1 aromatic carbocycles. The monoisotopic (exact) mass is 164 g/mol. The molecular formula is C10H12O2. The first kappa shape index (κ1) is 7.77. The Kier molecular flexibility index (Phi) is 2.11. The molecule has 0 spiro atoms. The van der Waals surface area contributed by atoms with Crippen molar-refractivity contribution in [3.8, 4) is 0 Å². The van der Waals surface area contributed by atoms with Gasteiger partial charge in [0.15, 0.2) is 0 Å². The van der Waals surface area contributed by atoms with Crippen molar-refractivity contribution < 1.29 is 9.84 Å². The van der Waals surface area contributed by atoms with Crippen molar-refractivity contribution in [3.63, 3.8) is 0 Å². The summed E-state index contributed by atoms with van der Waals surface area (Å²) in [5, 5.41) is 9.52. The van der Waals surface area contributed by atoms with Crippen LogP contribution in [-0.2, 0) is 4.74 Å². The highest BCUT2D eigenvalue weighted by Crippen LogP contribution is 2.28. The maximum atomic E-state index is 9.52. The van der Waals surface area contributed by atoms with Crippen LogP contribution in [0.4, 0.5) is 0 Å². The van der Waals surface area contributed by atoms with Crippen molar-refractivity contribution in [1.82, 2.24) is 0 Å². The Hall–Kier alpha value is -0.860. The van der Waals surface area contributed by atoms with Gasteiger partial charge in [-0.25, -0.2) is 0 Å². The largest absolute Gasteiger partial charge is 0.390 e. The Morgan fingerprint density at radius 1 is 1.25 bits per heavy atom. The zero-order valence-corrected chi connectivity index (χ0v) is 6.81. The standard InChI is InChI=1S/C10H12O2/c11-9-6-7-12-10(9)8-4-2-1-3-5-8/h1-5,9-11H,6-7H2/t9?,10-/m1/s1. The average molecular weight is 164 g/mol. The lowest BCUT2D eigenvalue weighted by molar-refractivity contribution is 0.0418. The SMILES string of the molecule is OC1CCO[C@@H]1c1ccccc1. The molecule has 1 unspecified atom stereocenters. The second-order valence-electron chi connectivity index (χ2n) is 3.06. The van der Waals surface area contributed by atoms with Crippen LogP contribution >= 0.6 is 0 Å². The zero-order chi connectivity index (χ0) is 8.39. The third-order valence-corrected chi connectivity index (χ3v) is 2.19. The molecule has 2 heteroatoms. The highest BCUT2D eigenvalue weighted by atomic mass is 16.5. The van der Waals surface area contributed by atoms with E-state index in [0.29, 0.717) is 6.61 Å². The van der Waals surface area contributed by atoms with Crippen LogP contribution in [0.3, 0.4) is 0 Å². The zero-order valence-electron chi connectivity index (χ0n) is 6.81. The second-order valence-corrected chi connectivity index (χ2v) is 3.06. The number of hydrogen-bond donors (Lipinski definition) is 1. The molecule has 1 aliphatic rings. The first-order valence-corrected chi connectivity index (χ1v) is 4.22. The summed E-state index contributed by atoms with van der Waals surface area (Å²) in [4.78, 5) is 0. The molecule has 2 atom stereocenters. The number of hydrogen-bond acceptors (Lipinski definition) is 2. The third kappa shape index (κ3) is 1.36. The van der Waals surface area contributed by atoms with Gasteiger partial charge in [-0.2, -0.15) is 0 Å². The van der Waals surface area contributed by atoms with E-state index in [9.17, 15) is 5.11 Å². The number of aliphatic hydroxyl groups is 1. The van der Waals surface area contributed by atoms with E-state index >= 15 is 0 Å². The van der Waals surface area contributed by atoms with Gasteiger partial charge in [-0.05, 0) is 12.0 Å². The van der Waals surface area contributed by atoms with Gasteiger partial charge in [0.25, 0.3) is 0 Å². The molecule has 1 fully saturated rings. The van der Waals surface area contributed by atoms with Gasteiger partial charge in [0.1, 0.15) is 6.10 Å². The summed E-state index contributed by atoms with van der Waals surface area (Å²) in [5.74, 6) is 0. The topological polar surface area (TPSA) is 29.5 Å². The van der Waals surface area contributed by atoms with Crippen LogP contribution in [0.25, 0.3) is 0 Å². The van der Waals surface area contributed by atoms with Crippen molar-refractivity contribution in [3.05, 3.63) is 35.9 Å². The fourth-order valence-electron chi connectivity index (χ4n) is 1.54. The first-order valence-electron chi connectivity index (χ1n) is 4.22. The molecular weight excluding hydrogens is 152 g/mol. The van der Waals surface area contributed by atoms with Crippen LogP contribution in [0.5, 0.6) is 0 Å². The Balaban J connectivity index is 2.19. The second kappa shape index (κ2) is 3.25. The maximum Gasteiger partial charge on any atom is 0.108 e. The first-order chi connectivity index (χ1) is 5.88. The van der Waals surface area contributed by atoms with E-state index in [1.54, 1.807) is 0 Å². The normalized spacial score (nSPS) is 29.1. The summed E-state index contributed by atoms with van der Waals surface area (Å²) >= 11 is 0. The van der Waals surface area contributed by atoms with Crippen LogP contribution in [0.15, 0.2) is 30.3 Å². The van der Waals surface area contributed by atoms with Crippen molar-refractivity contribution in [2.45, 2.75) is 18.6 Å². The van der Waals surface area contributed by atoms with E-state index < -0.39 is 0 Å². The van der Waals surface area contributed by atoms with Crippen LogP contribution in [0.1, 0.15) is 18.1 Å². The van der Waals surface area contributed by atoms with E-state index in [1.807, 2.05) is 30.3 Å². The van der Waals surface area contributed by atoms with Gasteiger partial charge in [0.2, 0.25) is 0 Å². The van der Waals surface area contributed by atoms with Gasteiger partial charge >= 0.3 is 0 Å². The fourth-order valence-corrected chi connectivity index (χ4v) is 1.54. The van der Waals surface area contributed by atoms with Gasteiger partial charge in [-0.3, -0.25) is 0 Å². The Bertz CT molecular complexity index is 245. The summed E-state index contributed by atoms with van der Waals surface area (Å²) in [6.45, 7) is 0.667. The highest BCUT2D eigenvalue weighted by molar-refractivity contribution is 5.19. The van der Waals surface area contributed by atoms with Gasteiger partial charge in [-0.1, -0.05) is 30.3 Å². The molecule has 2 rings (SSSR count). The van der Waals surface area contributed by atoms with E-state index in [4.69, 9.17) is 4.74 Å². The van der Waals surface area contributed by atoms with Gasteiger partial charge in [0.05, 0.1) is 12.7 Å². The number of rotatable bonds is 1. The molecule has 1 aliphatic heterocycles. The highest BCUT2D eigenvalue weighted by Gasteiger charge is 2.27. The summed E-state index contributed by atoms with van der Waals surface area (Å²) in [6, 6.07) is 9.86. The molecule has 1 heterocycles. The smallest absolute Gasteiger partial charge is 0.108 e. The lowest BCUT2D eigenvalue weighted by Crippen LogP contribution is -2.11. The lowest BCUT2D eigenvalue weighted by Gasteiger charge is -2.13. The van der Waals surface area contributed by atoms with Crippen molar-refractivity contribution in [2.24, 2.45) is 0 Å². The predicted molar refractivity (Wildman–Crippen MR) is 45.8 cm³/mol. The molecule has 1 saturated heterocycles. The van der Waals surface area contributed by atoms with E-state index in [-0.39, 0.29) is 12.2 Å². The molecule has 0 aliphatic carbocycles. The van der Waals surface area contributed by atoms with Crippen LogP contribution < -0.4 is 0 Å². The van der Waals surface area contributed by atoms with Crippen molar-refractivity contribution in [1.29, 1.82) is 0 Å². The van der Waals surface area contributed by atoms with Crippen molar-refractivity contribution in [2.75, 3.05) is 6.61 Å². The Labute approximate surface area is 71.8 Å². The van der Waals surface area contributed by atoms with Gasteiger partial charge in [0, 0.05) is 0 Å². The van der Waals surface area contributed by atoms with Crippen LogP contribution in [-0.4, -0.2) is 17.8 Å². The van der Waals surface area contributed by atoms with Crippen LogP contribution in [0, 0.1) is 0 Å². The summed E-state index contributed by atoms with van der Waals surface area (Å²) in [6.07, 6.45) is 0.318. The third-order valence-electron chi connectivity index (χ3n) is 2.19. The molecule has 0 saturated carbocycles. The van der Waals surface area contributed by atoms with Crippen molar-refractivity contribution >= 4 is 0 Å². The lowest BCUT2D eigenvalue weighted by atomic mass is 10.1. The molecule has 0 aromatic heterocycles. The van der Waals surface area contributed by atoms with E-state index in [1.165, 1.54) is 0 Å². The molecule has 64 valence electrons. The fraction of sp³-hybridized carbons (Fsp3) is 0.400. The predicted octanol–water partition coefficient (Wildman–Crippen LogP) is 1.51. The summed E-state index contributed by atoms with van der Waals surface area (Å²) < 4.78 is 5.40. The maximum absolute atomic E-state index is 9.52. The molecule has 1 N–H and O–H groups in total. The average Bonchev–Trinajstić information content (AvgIpc) is 2.53. The molecule has 1 aromatic rings. The molecule has 0 amide bonds. The van der Waals surface area contributed by atoms with Gasteiger partial charge < -0.3 is 9.84 Å². The summed E-state index contributed by atoms with van der Waals surface area (Å²) in [5.41, 5.74) is 1.07. The molecule has 12 heavy (non-hydrogen) atoms. The molecule has 2 nitrogen and oxygen atoms in total. The Morgan fingerprint density at radius 2 is 2.00 bits per heavy atom. The van der Waals surface area contributed by atoms with E-state index in [0.717, 1.165) is 12.0 Å². The number of aliphatic hydroxyl groups excluding tert-OH is 1. The number of benzene rings is 1. The minimum atomic E-state index is -0.326. The van der Waals surface area contributed by atoms with Crippen LogP contribution in [0.2, 0.25) is 0 Å². The van der Waals surface area contributed by atoms with E-state index in [2.05, 4.69) is 0 Å². The minimum Gasteiger partial charge on any atom is -0.390 e.